The summed E-state index contributed by atoms with van der Waals surface area (Å²) in [6, 6.07) is 0. The largest absolute Gasteiger partial charge is 0.481 e. The van der Waals surface area contributed by atoms with Gasteiger partial charge < -0.3 is 9.84 Å². The van der Waals surface area contributed by atoms with Gasteiger partial charge >= 0.3 is 11.9 Å². The molecule has 0 aromatic carbocycles. The van der Waals surface area contributed by atoms with Crippen LogP contribution in [0.3, 0.4) is 0 Å². The molecule has 7 atom stereocenters. The van der Waals surface area contributed by atoms with Crippen LogP contribution in [0.5, 0.6) is 0 Å². The second-order valence-electron chi connectivity index (χ2n) is 14.1. The minimum absolute atomic E-state index is 0.0163. The molecule has 6 nitrogen and oxygen atoms in total. The maximum atomic E-state index is 14.2. The Hall–Kier alpha value is -2.24. The van der Waals surface area contributed by atoms with Crippen molar-refractivity contribution in [1.29, 1.82) is 0 Å². The molecular formula is C32H46O6. The number of ketones is 2. The van der Waals surface area contributed by atoms with Crippen LogP contribution in [-0.2, 0) is 23.9 Å². The molecular weight excluding hydrogens is 480 g/mol. The van der Waals surface area contributed by atoms with Crippen LogP contribution in [0.1, 0.15) is 107 Å². The van der Waals surface area contributed by atoms with Crippen LogP contribution in [0.4, 0.5) is 0 Å². The molecule has 210 valence electrons. The van der Waals surface area contributed by atoms with Crippen LogP contribution in [-0.4, -0.2) is 34.7 Å². The van der Waals surface area contributed by atoms with Gasteiger partial charge in [-0.3, -0.25) is 19.2 Å². The molecule has 0 amide bonds. The number of allylic oxidation sites excluding steroid dienone is 4. The molecule has 2 fully saturated rings. The van der Waals surface area contributed by atoms with Gasteiger partial charge in [0.25, 0.3) is 0 Å². The van der Waals surface area contributed by atoms with E-state index in [1.54, 1.807) is 0 Å². The molecule has 4 rings (SSSR count). The number of hydrogen-bond acceptors (Lipinski definition) is 5. The molecule has 38 heavy (non-hydrogen) atoms. The number of hydrogen-bond donors (Lipinski definition) is 1. The molecule has 0 unspecified atom stereocenters. The van der Waals surface area contributed by atoms with Gasteiger partial charge in [0.05, 0.1) is 5.92 Å². The first-order valence-corrected chi connectivity index (χ1v) is 14.4. The summed E-state index contributed by atoms with van der Waals surface area (Å²) in [5.74, 6) is -1.90. The van der Waals surface area contributed by atoms with Gasteiger partial charge in [0, 0.05) is 47.2 Å². The van der Waals surface area contributed by atoms with Crippen LogP contribution < -0.4 is 0 Å². The number of rotatable bonds is 6. The van der Waals surface area contributed by atoms with Gasteiger partial charge in [-0.25, -0.2) is 0 Å². The molecule has 4 aliphatic carbocycles. The monoisotopic (exact) mass is 526 g/mol. The number of Topliss-reactive ketones (excluding diaryl/α,β-unsaturated/α-hetero) is 2. The molecule has 0 bridgehead atoms. The zero-order valence-electron chi connectivity index (χ0n) is 24.5. The molecule has 2 saturated carbocycles. The van der Waals surface area contributed by atoms with Crippen molar-refractivity contribution in [2.75, 3.05) is 0 Å². The Morgan fingerprint density at radius 2 is 1.66 bits per heavy atom. The van der Waals surface area contributed by atoms with Gasteiger partial charge in [-0.05, 0) is 69.6 Å². The topological polar surface area (TPSA) is 97.7 Å². The first-order chi connectivity index (χ1) is 17.5. The highest BCUT2D eigenvalue weighted by Crippen LogP contribution is 2.71. The number of aliphatic carboxylic acids is 1. The highest BCUT2D eigenvalue weighted by Gasteiger charge is 2.68. The quantitative estimate of drug-likeness (QED) is 0.314. The van der Waals surface area contributed by atoms with Gasteiger partial charge in [0.15, 0.2) is 11.6 Å². The Kier molecular flexibility index (Phi) is 7.15. The van der Waals surface area contributed by atoms with Gasteiger partial charge in [-0.15, -0.1) is 0 Å². The van der Waals surface area contributed by atoms with Gasteiger partial charge in [0.1, 0.15) is 6.10 Å². The average molecular weight is 527 g/mol. The second kappa shape index (κ2) is 9.45. The Balaban J connectivity index is 1.78. The van der Waals surface area contributed by atoms with E-state index in [2.05, 4.69) is 40.7 Å². The van der Waals surface area contributed by atoms with E-state index >= 15 is 0 Å². The first kappa shape index (κ1) is 28.8. The third kappa shape index (κ3) is 4.12. The highest BCUT2D eigenvalue weighted by molar-refractivity contribution is 6.11. The average Bonchev–Trinajstić information content (AvgIpc) is 3.05. The third-order valence-corrected chi connectivity index (χ3v) is 11.4. The number of carboxylic acid groups (broad SMARTS) is 1. The number of fused-ring (bicyclic) bond motifs is 4. The molecule has 0 radical (unpaired) electrons. The lowest BCUT2D eigenvalue weighted by atomic mass is 9.42. The number of carboxylic acids is 1. The van der Waals surface area contributed by atoms with Gasteiger partial charge in [-0.1, -0.05) is 46.3 Å². The van der Waals surface area contributed by atoms with E-state index in [1.807, 2.05) is 13.8 Å². The van der Waals surface area contributed by atoms with E-state index in [9.17, 15) is 24.3 Å². The fourth-order valence-corrected chi connectivity index (χ4v) is 9.28. The van der Waals surface area contributed by atoms with Crippen molar-refractivity contribution in [2.24, 2.45) is 39.4 Å². The maximum absolute atomic E-state index is 14.2. The van der Waals surface area contributed by atoms with E-state index in [1.165, 1.54) is 12.5 Å². The summed E-state index contributed by atoms with van der Waals surface area (Å²) in [7, 11) is 0. The van der Waals surface area contributed by atoms with Crippen LogP contribution >= 0.6 is 0 Å². The van der Waals surface area contributed by atoms with E-state index in [0.717, 1.165) is 6.42 Å². The first-order valence-electron chi connectivity index (χ1n) is 14.4. The van der Waals surface area contributed by atoms with Gasteiger partial charge in [0.2, 0.25) is 0 Å². The number of ether oxygens (including phenoxy) is 1. The van der Waals surface area contributed by atoms with Crippen LogP contribution in [0.15, 0.2) is 22.8 Å². The third-order valence-electron chi connectivity index (χ3n) is 11.4. The fraction of sp³-hybridized carbons (Fsp3) is 0.750. The Bertz CT molecular complexity index is 1120. The maximum Gasteiger partial charge on any atom is 0.306 e. The summed E-state index contributed by atoms with van der Waals surface area (Å²) in [4.78, 5) is 52.6. The zero-order chi connectivity index (χ0) is 28.4. The highest BCUT2D eigenvalue weighted by atomic mass is 16.5. The fourth-order valence-electron chi connectivity index (χ4n) is 9.28. The Morgan fingerprint density at radius 1 is 1.00 bits per heavy atom. The smallest absolute Gasteiger partial charge is 0.306 e. The molecule has 0 heterocycles. The van der Waals surface area contributed by atoms with Crippen molar-refractivity contribution in [3.05, 3.63) is 22.8 Å². The Labute approximate surface area is 227 Å². The molecule has 0 aromatic rings. The molecule has 0 aliphatic heterocycles. The molecule has 0 saturated heterocycles. The molecule has 6 heteroatoms. The second-order valence-corrected chi connectivity index (χ2v) is 14.1. The lowest BCUT2D eigenvalue weighted by Crippen LogP contribution is -2.59. The van der Waals surface area contributed by atoms with Crippen LogP contribution in [0.2, 0.25) is 0 Å². The van der Waals surface area contributed by atoms with Crippen molar-refractivity contribution >= 4 is 23.5 Å². The number of carbonyl (C=O) groups is 4. The minimum Gasteiger partial charge on any atom is -0.481 e. The number of carbonyl (C=O) groups excluding carboxylic acids is 3. The van der Waals surface area contributed by atoms with Crippen molar-refractivity contribution in [2.45, 2.75) is 113 Å². The Morgan fingerprint density at radius 3 is 2.24 bits per heavy atom. The van der Waals surface area contributed by atoms with E-state index in [-0.39, 0.29) is 41.9 Å². The van der Waals surface area contributed by atoms with Crippen molar-refractivity contribution < 1.29 is 29.0 Å². The molecule has 0 spiro atoms. The minimum atomic E-state index is -0.803. The van der Waals surface area contributed by atoms with Crippen molar-refractivity contribution in [1.82, 2.24) is 0 Å². The standard InChI is InChI=1S/C32H46O6/c1-18(2)10-9-11-20(28(36)37)21-12-15-31(7)27-22(34)16-24-29(4,5)25(38-19(3)33)13-14-30(24,6)26(27)23(35)17-32(21,31)8/h10,20-21,24-25H,9,11-17H2,1-8H3,(H,36,37)/t20-,21-,24+,25+,30+,31+,32-/m1/s1. The molecule has 4 aliphatic rings. The summed E-state index contributed by atoms with van der Waals surface area (Å²) in [6.07, 6.45) is 6.40. The summed E-state index contributed by atoms with van der Waals surface area (Å²) in [5, 5.41) is 10.3. The van der Waals surface area contributed by atoms with E-state index < -0.39 is 33.5 Å². The van der Waals surface area contributed by atoms with Crippen molar-refractivity contribution in [3.8, 4) is 0 Å². The zero-order valence-corrected chi connectivity index (χ0v) is 24.5. The molecule has 0 aromatic heterocycles. The summed E-state index contributed by atoms with van der Waals surface area (Å²) >= 11 is 0. The van der Waals surface area contributed by atoms with E-state index in [0.29, 0.717) is 49.7 Å². The van der Waals surface area contributed by atoms with Crippen molar-refractivity contribution in [3.63, 3.8) is 0 Å². The number of esters is 1. The lowest BCUT2D eigenvalue weighted by molar-refractivity contribution is -0.169. The summed E-state index contributed by atoms with van der Waals surface area (Å²) in [5.41, 5.74) is 0.511. The van der Waals surface area contributed by atoms with Crippen LogP contribution in [0.25, 0.3) is 0 Å². The van der Waals surface area contributed by atoms with Crippen LogP contribution in [0, 0.1) is 39.4 Å². The normalized spacial score (nSPS) is 38.6. The van der Waals surface area contributed by atoms with Gasteiger partial charge in [-0.2, -0.15) is 0 Å². The SMILES string of the molecule is CC(=O)O[C@H]1CC[C@]2(C)C3=C(C(=O)C[C@H]2C1(C)C)[C@]1(C)CC[C@H]([C@@H](CCC=C(C)C)C(=O)O)[C@@]1(C)CC3=O. The lowest BCUT2D eigenvalue weighted by Gasteiger charge is -2.60. The summed E-state index contributed by atoms with van der Waals surface area (Å²) in [6.45, 7) is 15.9. The van der Waals surface area contributed by atoms with E-state index in [4.69, 9.17) is 4.74 Å². The predicted octanol–water partition coefficient (Wildman–Crippen LogP) is 6.47. The molecule has 1 N–H and O–H groups in total. The summed E-state index contributed by atoms with van der Waals surface area (Å²) < 4.78 is 5.70. The predicted molar refractivity (Wildman–Crippen MR) is 145 cm³/mol.